The molecule has 2 aromatic rings. The molecule has 0 bridgehead atoms. The summed E-state index contributed by atoms with van der Waals surface area (Å²) >= 11 is 0. The van der Waals surface area contributed by atoms with Crippen LogP contribution in [0.15, 0.2) is 33.7 Å². The number of rotatable bonds is 8. The van der Waals surface area contributed by atoms with Crippen molar-refractivity contribution in [2.24, 2.45) is 5.92 Å². The number of amides is 1. The van der Waals surface area contributed by atoms with Crippen LogP contribution in [-0.2, 0) is 10.0 Å². The van der Waals surface area contributed by atoms with Gasteiger partial charge < -0.3 is 9.84 Å². The van der Waals surface area contributed by atoms with E-state index >= 15 is 0 Å². The van der Waals surface area contributed by atoms with E-state index in [9.17, 15) is 13.2 Å². The van der Waals surface area contributed by atoms with E-state index in [0.29, 0.717) is 17.6 Å². The predicted molar refractivity (Wildman–Crippen MR) is 110 cm³/mol. The van der Waals surface area contributed by atoms with Gasteiger partial charge in [0.15, 0.2) is 5.82 Å². The lowest BCUT2D eigenvalue weighted by Gasteiger charge is -2.19. The molecule has 0 spiro atoms. The van der Waals surface area contributed by atoms with Crippen LogP contribution in [0, 0.1) is 5.92 Å². The normalized spacial score (nSPS) is 18.6. The Morgan fingerprint density at radius 2 is 1.90 bits per heavy atom. The van der Waals surface area contributed by atoms with E-state index in [1.165, 1.54) is 12.1 Å². The summed E-state index contributed by atoms with van der Waals surface area (Å²) in [5, 5.41) is 6.95. The van der Waals surface area contributed by atoms with Crippen molar-refractivity contribution in [1.82, 2.24) is 20.2 Å². The molecule has 0 radical (unpaired) electrons. The quantitative estimate of drug-likeness (QED) is 0.661. The van der Waals surface area contributed by atoms with Gasteiger partial charge >= 0.3 is 0 Å². The molecule has 30 heavy (non-hydrogen) atoms. The molecule has 2 aliphatic rings. The highest BCUT2D eigenvalue weighted by atomic mass is 32.2. The van der Waals surface area contributed by atoms with Crippen molar-refractivity contribution in [2.45, 2.75) is 75.3 Å². The van der Waals surface area contributed by atoms with E-state index in [2.05, 4.69) is 20.2 Å². The van der Waals surface area contributed by atoms with Gasteiger partial charge in [-0.1, -0.05) is 37.9 Å². The zero-order valence-electron chi connectivity index (χ0n) is 17.3. The van der Waals surface area contributed by atoms with Crippen molar-refractivity contribution >= 4 is 15.9 Å². The number of nitrogens with one attached hydrogen (secondary N) is 2. The molecule has 1 heterocycles. The number of hydrogen-bond donors (Lipinski definition) is 2. The van der Waals surface area contributed by atoms with E-state index in [1.54, 1.807) is 12.1 Å². The monoisotopic (exact) mass is 432 g/mol. The highest BCUT2D eigenvalue weighted by Crippen LogP contribution is 2.38. The average molecular weight is 433 g/mol. The predicted octanol–water partition coefficient (Wildman–Crippen LogP) is 3.30. The number of hydrogen-bond acceptors (Lipinski definition) is 6. The van der Waals surface area contributed by atoms with Gasteiger partial charge in [-0.25, -0.2) is 13.1 Å². The first-order valence-electron chi connectivity index (χ1n) is 10.6. The maximum absolute atomic E-state index is 12.9. The summed E-state index contributed by atoms with van der Waals surface area (Å²) < 4.78 is 33.6. The molecule has 1 amide bonds. The molecule has 0 aliphatic heterocycles. The number of aromatic nitrogens is 2. The van der Waals surface area contributed by atoms with Crippen molar-refractivity contribution in [3.63, 3.8) is 0 Å². The van der Waals surface area contributed by atoms with Crippen LogP contribution in [0.4, 0.5) is 0 Å². The number of benzene rings is 1. The summed E-state index contributed by atoms with van der Waals surface area (Å²) in [6, 6.07) is 5.62. The molecular formula is C21H28N4O4S. The molecule has 1 aromatic heterocycles. The van der Waals surface area contributed by atoms with Crippen LogP contribution in [0.1, 0.15) is 86.4 Å². The van der Waals surface area contributed by atoms with Crippen molar-refractivity contribution in [1.29, 1.82) is 0 Å². The number of nitrogens with zero attached hydrogens (tertiary/aromatic N) is 2. The molecule has 0 saturated heterocycles. The Balaban J connectivity index is 1.49. The van der Waals surface area contributed by atoms with Gasteiger partial charge in [-0.15, -0.1) is 0 Å². The summed E-state index contributed by atoms with van der Waals surface area (Å²) in [5.41, 5.74) is 0.275. The topological polar surface area (TPSA) is 114 Å². The Kier molecular flexibility index (Phi) is 5.92. The summed E-state index contributed by atoms with van der Waals surface area (Å²) in [6.45, 7) is 3.91. The molecule has 1 unspecified atom stereocenters. The van der Waals surface area contributed by atoms with Crippen LogP contribution in [-0.4, -0.2) is 30.5 Å². The van der Waals surface area contributed by atoms with Gasteiger partial charge in [0, 0.05) is 17.5 Å². The molecule has 1 aromatic carbocycles. The van der Waals surface area contributed by atoms with Gasteiger partial charge in [0.05, 0.1) is 4.90 Å². The summed E-state index contributed by atoms with van der Waals surface area (Å²) in [5.74, 6) is 1.08. The molecule has 2 N–H and O–H groups in total. The Bertz CT molecular complexity index is 1010. The first-order chi connectivity index (χ1) is 14.3. The van der Waals surface area contributed by atoms with E-state index < -0.39 is 16.1 Å². The Morgan fingerprint density at radius 1 is 1.17 bits per heavy atom. The largest absolute Gasteiger partial charge is 0.340 e. The minimum atomic E-state index is -3.67. The van der Waals surface area contributed by atoms with Gasteiger partial charge in [-0.2, -0.15) is 4.98 Å². The highest BCUT2D eigenvalue weighted by Gasteiger charge is 2.32. The average Bonchev–Trinajstić information content (AvgIpc) is 3.23. The standard InChI is InChI=1S/C21H28N4O4S/c1-13(2)18(21-23-19(24-29-21)14-10-11-14)22-20(26)15-6-5-9-17(12-15)30(27,28)25-16-7-3-4-8-16/h5-6,9,12-14,16,18,25H,3-4,7-8,10-11H2,1-2H3,(H,22,26). The summed E-state index contributed by atoms with van der Waals surface area (Å²) in [7, 11) is -3.67. The molecule has 9 heteroatoms. The second-order valence-corrected chi connectivity index (χ2v) is 10.3. The molecular weight excluding hydrogens is 404 g/mol. The molecule has 162 valence electrons. The van der Waals surface area contributed by atoms with E-state index in [-0.39, 0.29) is 28.3 Å². The fourth-order valence-electron chi connectivity index (χ4n) is 3.75. The van der Waals surface area contributed by atoms with Gasteiger partial charge in [0.1, 0.15) is 6.04 Å². The van der Waals surface area contributed by atoms with Gasteiger partial charge in [-0.05, 0) is 49.8 Å². The number of carbonyl (C=O) groups is 1. The van der Waals surface area contributed by atoms with Crippen molar-refractivity contribution in [3.8, 4) is 0 Å². The maximum Gasteiger partial charge on any atom is 0.251 e. The Hall–Kier alpha value is -2.26. The van der Waals surface area contributed by atoms with Crippen LogP contribution in [0.25, 0.3) is 0 Å². The van der Waals surface area contributed by atoms with E-state index in [4.69, 9.17) is 4.52 Å². The maximum atomic E-state index is 12.9. The molecule has 2 fully saturated rings. The lowest BCUT2D eigenvalue weighted by atomic mass is 10.0. The summed E-state index contributed by atoms with van der Waals surface area (Å²) in [6.07, 6.45) is 5.89. The number of carbonyl (C=O) groups excluding carboxylic acids is 1. The first-order valence-corrected chi connectivity index (χ1v) is 12.1. The first kappa shape index (κ1) is 21.0. The smallest absolute Gasteiger partial charge is 0.251 e. The van der Waals surface area contributed by atoms with Crippen LogP contribution < -0.4 is 10.0 Å². The number of sulfonamides is 1. The Labute approximate surface area is 176 Å². The molecule has 2 aliphatic carbocycles. The molecule has 1 atom stereocenters. The third-order valence-electron chi connectivity index (χ3n) is 5.70. The second-order valence-electron chi connectivity index (χ2n) is 8.59. The molecule has 2 saturated carbocycles. The van der Waals surface area contributed by atoms with Crippen LogP contribution >= 0.6 is 0 Å². The minimum absolute atomic E-state index is 0.0254. The van der Waals surface area contributed by atoms with Gasteiger partial charge in [0.2, 0.25) is 15.9 Å². The summed E-state index contributed by atoms with van der Waals surface area (Å²) in [4.78, 5) is 17.4. The zero-order chi connectivity index (χ0) is 21.3. The highest BCUT2D eigenvalue weighted by molar-refractivity contribution is 7.89. The SMILES string of the molecule is CC(C)C(NC(=O)c1cccc(S(=O)(=O)NC2CCCC2)c1)c1nc(C2CC2)no1. The zero-order valence-corrected chi connectivity index (χ0v) is 18.1. The van der Waals surface area contributed by atoms with Crippen LogP contribution in [0.5, 0.6) is 0 Å². The van der Waals surface area contributed by atoms with Gasteiger partial charge in [-0.3, -0.25) is 4.79 Å². The van der Waals surface area contributed by atoms with Crippen molar-refractivity contribution < 1.29 is 17.7 Å². The lowest BCUT2D eigenvalue weighted by molar-refractivity contribution is 0.0913. The van der Waals surface area contributed by atoms with E-state index in [0.717, 1.165) is 38.5 Å². The van der Waals surface area contributed by atoms with Crippen LogP contribution in [0.2, 0.25) is 0 Å². The minimum Gasteiger partial charge on any atom is -0.340 e. The third kappa shape index (κ3) is 4.73. The second kappa shape index (κ2) is 8.47. The molecule has 4 rings (SSSR count). The molecule has 8 nitrogen and oxygen atoms in total. The van der Waals surface area contributed by atoms with E-state index in [1.807, 2.05) is 13.8 Å². The third-order valence-corrected chi connectivity index (χ3v) is 7.22. The Morgan fingerprint density at radius 3 is 2.57 bits per heavy atom. The van der Waals surface area contributed by atoms with Crippen molar-refractivity contribution in [3.05, 3.63) is 41.5 Å². The fourth-order valence-corrected chi connectivity index (χ4v) is 5.11. The lowest BCUT2D eigenvalue weighted by Crippen LogP contribution is -2.33. The van der Waals surface area contributed by atoms with Gasteiger partial charge in [0.25, 0.3) is 5.91 Å². The fraction of sp³-hybridized carbons (Fsp3) is 0.571. The van der Waals surface area contributed by atoms with Crippen molar-refractivity contribution in [2.75, 3.05) is 0 Å². The van der Waals surface area contributed by atoms with Crippen LogP contribution in [0.3, 0.4) is 0 Å².